The molecule has 0 aromatic heterocycles. The van der Waals surface area contributed by atoms with Crippen LogP contribution in [0, 0.1) is 0 Å². The fourth-order valence-corrected chi connectivity index (χ4v) is 1.77. The summed E-state index contributed by atoms with van der Waals surface area (Å²) in [6, 6.07) is 6.00. The number of hydrogen-bond acceptors (Lipinski definition) is 3. The Kier molecular flexibility index (Phi) is 4.15. The van der Waals surface area contributed by atoms with Crippen molar-refractivity contribution in [2.45, 2.75) is 15.3 Å². The standard InChI is InChI=1S/C8H7F3OS2/c1-12-14-7-4-2-6(3-5-7)13-8(9,10)11/h2-5H,1H3. The smallest absolute Gasteiger partial charge is 0.314 e. The van der Waals surface area contributed by atoms with Crippen LogP contribution in [0.5, 0.6) is 0 Å². The number of rotatable bonds is 3. The van der Waals surface area contributed by atoms with Gasteiger partial charge in [-0.2, -0.15) is 13.2 Å². The van der Waals surface area contributed by atoms with E-state index in [0.29, 0.717) is 0 Å². The Balaban J connectivity index is 2.64. The number of benzene rings is 1. The summed E-state index contributed by atoms with van der Waals surface area (Å²) in [5.41, 5.74) is -4.23. The van der Waals surface area contributed by atoms with Gasteiger partial charge in [-0.05, 0) is 36.0 Å². The molecule has 0 unspecified atom stereocenters. The molecular formula is C8H7F3OS2. The van der Waals surface area contributed by atoms with E-state index >= 15 is 0 Å². The van der Waals surface area contributed by atoms with Crippen LogP contribution in [0.1, 0.15) is 0 Å². The van der Waals surface area contributed by atoms with Gasteiger partial charge in [-0.1, -0.05) is 0 Å². The maximum atomic E-state index is 11.9. The summed E-state index contributed by atoms with van der Waals surface area (Å²) in [4.78, 5) is 0.956. The number of hydrogen-bond donors (Lipinski definition) is 0. The second-order valence-corrected chi connectivity index (χ2v) is 4.38. The third-order valence-electron chi connectivity index (χ3n) is 1.24. The first-order valence-corrected chi connectivity index (χ1v) is 5.13. The molecule has 1 aromatic rings. The molecule has 6 heteroatoms. The summed E-state index contributed by atoms with van der Waals surface area (Å²) in [7, 11) is 1.50. The molecule has 1 rings (SSSR count). The Morgan fingerprint density at radius 2 is 1.57 bits per heavy atom. The predicted octanol–water partition coefficient (Wildman–Crippen LogP) is 3.95. The molecule has 0 N–H and O–H groups in total. The van der Waals surface area contributed by atoms with Gasteiger partial charge in [0.05, 0.1) is 7.11 Å². The van der Waals surface area contributed by atoms with Gasteiger partial charge < -0.3 is 4.18 Å². The lowest BCUT2D eigenvalue weighted by Gasteiger charge is -2.05. The predicted molar refractivity (Wildman–Crippen MR) is 51.2 cm³/mol. The van der Waals surface area contributed by atoms with E-state index in [1.165, 1.54) is 19.2 Å². The molecule has 0 aliphatic rings. The number of thioether (sulfide) groups is 1. The van der Waals surface area contributed by atoms with Crippen molar-refractivity contribution >= 4 is 23.8 Å². The molecule has 78 valence electrons. The van der Waals surface area contributed by atoms with Crippen LogP contribution in [0.2, 0.25) is 0 Å². The molecule has 1 nitrogen and oxygen atoms in total. The van der Waals surface area contributed by atoms with E-state index in [0.717, 1.165) is 16.9 Å². The highest BCUT2D eigenvalue weighted by Gasteiger charge is 2.28. The van der Waals surface area contributed by atoms with Crippen molar-refractivity contribution in [3.8, 4) is 0 Å². The van der Waals surface area contributed by atoms with Crippen molar-refractivity contribution < 1.29 is 17.4 Å². The lowest BCUT2D eigenvalue weighted by Crippen LogP contribution is -1.98. The van der Waals surface area contributed by atoms with Crippen LogP contribution in [-0.4, -0.2) is 12.6 Å². The summed E-state index contributed by atoms with van der Waals surface area (Å²) in [5.74, 6) is 0. The molecule has 0 saturated heterocycles. The average Bonchev–Trinajstić information content (AvgIpc) is 2.06. The Morgan fingerprint density at radius 3 is 2.00 bits per heavy atom. The fourth-order valence-electron chi connectivity index (χ4n) is 0.793. The van der Waals surface area contributed by atoms with E-state index in [4.69, 9.17) is 4.18 Å². The minimum Gasteiger partial charge on any atom is -0.314 e. The van der Waals surface area contributed by atoms with E-state index in [1.54, 1.807) is 12.1 Å². The Morgan fingerprint density at radius 1 is 1.07 bits per heavy atom. The molecule has 0 bridgehead atoms. The highest BCUT2D eigenvalue weighted by Crippen LogP contribution is 2.37. The maximum Gasteiger partial charge on any atom is 0.446 e. The van der Waals surface area contributed by atoms with Crippen molar-refractivity contribution in [1.82, 2.24) is 0 Å². The van der Waals surface area contributed by atoms with Gasteiger partial charge >= 0.3 is 5.51 Å². The molecule has 0 spiro atoms. The minimum absolute atomic E-state index is 0.123. The molecule has 0 atom stereocenters. The van der Waals surface area contributed by atoms with Crippen LogP contribution in [0.4, 0.5) is 13.2 Å². The third kappa shape index (κ3) is 4.26. The maximum absolute atomic E-state index is 11.9. The van der Waals surface area contributed by atoms with E-state index in [9.17, 15) is 13.2 Å². The quantitative estimate of drug-likeness (QED) is 0.584. The van der Waals surface area contributed by atoms with Crippen LogP contribution in [0.25, 0.3) is 0 Å². The summed E-state index contributed by atoms with van der Waals surface area (Å²) >= 11 is 0.989. The molecular weight excluding hydrogens is 233 g/mol. The molecule has 0 aliphatic heterocycles. The van der Waals surface area contributed by atoms with E-state index in [2.05, 4.69) is 0 Å². The zero-order valence-electron chi connectivity index (χ0n) is 7.17. The first-order valence-electron chi connectivity index (χ1n) is 3.58. The molecule has 1 aromatic carbocycles. The van der Waals surface area contributed by atoms with E-state index < -0.39 is 5.51 Å². The van der Waals surface area contributed by atoms with Gasteiger partial charge in [0.25, 0.3) is 0 Å². The van der Waals surface area contributed by atoms with Crippen LogP contribution >= 0.6 is 23.8 Å². The van der Waals surface area contributed by atoms with Crippen LogP contribution in [-0.2, 0) is 4.18 Å². The number of halogens is 3. The summed E-state index contributed by atoms with van der Waals surface area (Å²) in [6.45, 7) is 0. The summed E-state index contributed by atoms with van der Waals surface area (Å²) < 4.78 is 40.5. The third-order valence-corrected chi connectivity index (χ3v) is 2.61. The summed E-state index contributed by atoms with van der Waals surface area (Å²) in [6.07, 6.45) is 0. The molecule has 0 fully saturated rings. The Hall–Kier alpha value is -0.330. The second-order valence-electron chi connectivity index (χ2n) is 2.27. The minimum atomic E-state index is -4.23. The van der Waals surface area contributed by atoms with E-state index in [-0.39, 0.29) is 16.7 Å². The van der Waals surface area contributed by atoms with Gasteiger partial charge in [0, 0.05) is 21.8 Å². The molecule has 0 radical (unpaired) electrons. The zero-order chi connectivity index (χ0) is 10.6. The van der Waals surface area contributed by atoms with Crippen molar-refractivity contribution in [2.75, 3.05) is 7.11 Å². The zero-order valence-corrected chi connectivity index (χ0v) is 8.80. The molecule has 0 saturated carbocycles. The topological polar surface area (TPSA) is 9.23 Å². The van der Waals surface area contributed by atoms with Gasteiger partial charge in [0.15, 0.2) is 0 Å². The van der Waals surface area contributed by atoms with Crippen molar-refractivity contribution in [1.29, 1.82) is 0 Å². The van der Waals surface area contributed by atoms with Gasteiger partial charge in [-0.15, -0.1) is 0 Å². The molecule has 14 heavy (non-hydrogen) atoms. The molecule has 0 amide bonds. The summed E-state index contributed by atoms with van der Waals surface area (Å²) in [5, 5.41) is 0. The lowest BCUT2D eigenvalue weighted by atomic mass is 10.4. The van der Waals surface area contributed by atoms with Crippen molar-refractivity contribution in [2.24, 2.45) is 0 Å². The average molecular weight is 240 g/mol. The first-order chi connectivity index (χ1) is 6.51. The SMILES string of the molecule is COSc1ccc(SC(F)(F)F)cc1. The normalized spacial score (nSPS) is 11.7. The largest absolute Gasteiger partial charge is 0.446 e. The highest BCUT2D eigenvalue weighted by atomic mass is 32.2. The van der Waals surface area contributed by atoms with Crippen LogP contribution in [0.3, 0.4) is 0 Å². The van der Waals surface area contributed by atoms with Gasteiger partial charge in [-0.25, -0.2) is 0 Å². The van der Waals surface area contributed by atoms with Crippen LogP contribution in [0.15, 0.2) is 34.1 Å². The van der Waals surface area contributed by atoms with E-state index in [1.807, 2.05) is 0 Å². The highest BCUT2D eigenvalue weighted by molar-refractivity contribution is 8.00. The van der Waals surface area contributed by atoms with Gasteiger partial charge in [0.1, 0.15) is 0 Å². The Bertz CT molecular complexity index is 284. The van der Waals surface area contributed by atoms with Crippen LogP contribution < -0.4 is 0 Å². The van der Waals surface area contributed by atoms with Gasteiger partial charge in [-0.3, -0.25) is 0 Å². The number of alkyl halides is 3. The first kappa shape index (κ1) is 11.7. The van der Waals surface area contributed by atoms with Gasteiger partial charge in [0.2, 0.25) is 0 Å². The monoisotopic (exact) mass is 240 g/mol. The molecule has 0 heterocycles. The lowest BCUT2D eigenvalue weighted by molar-refractivity contribution is -0.0328. The Labute approximate surface area is 88.2 Å². The second kappa shape index (κ2) is 4.95. The van der Waals surface area contributed by atoms with Crippen molar-refractivity contribution in [3.05, 3.63) is 24.3 Å². The fraction of sp³-hybridized carbons (Fsp3) is 0.250. The van der Waals surface area contributed by atoms with Crippen molar-refractivity contribution in [3.63, 3.8) is 0 Å². The molecule has 0 aliphatic carbocycles.